The fourth-order valence-corrected chi connectivity index (χ4v) is 1.98. The van der Waals surface area contributed by atoms with E-state index in [1.54, 1.807) is 19.3 Å². The second-order valence-electron chi connectivity index (χ2n) is 3.89. The number of halogens is 2. The molecule has 0 bridgehead atoms. The molecule has 3 aromatic heterocycles. The van der Waals surface area contributed by atoms with Gasteiger partial charge in [-0.05, 0) is 6.07 Å². The van der Waals surface area contributed by atoms with Gasteiger partial charge in [-0.2, -0.15) is 0 Å². The van der Waals surface area contributed by atoms with E-state index < -0.39 is 5.82 Å². The summed E-state index contributed by atoms with van der Waals surface area (Å²) in [6, 6.07) is 1.61. The van der Waals surface area contributed by atoms with Gasteiger partial charge in [0.25, 0.3) is 0 Å². The molecule has 0 saturated carbocycles. The van der Waals surface area contributed by atoms with Crippen molar-refractivity contribution in [3.05, 3.63) is 35.6 Å². The number of anilines is 1. The maximum absolute atomic E-state index is 13.4. The van der Waals surface area contributed by atoms with Crippen LogP contribution in [0.1, 0.15) is 0 Å². The second-order valence-corrected chi connectivity index (χ2v) is 4.28. The Labute approximate surface area is 112 Å². The van der Waals surface area contributed by atoms with E-state index in [1.807, 2.05) is 0 Å². The van der Waals surface area contributed by atoms with Gasteiger partial charge >= 0.3 is 0 Å². The molecule has 0 unspecified atom stereocenters. The lowest BCUT2D eigenvalue weighted by atomic mass is 10.2. The molecule has 0 spiro atoms. The second kappa shape index (κ2) is 4.47. The fourth-order valence-electron chi connectivity index (χ4n) is 1.84. The number of nitrogens with zero attached hydrogens (tertiary/aromatic N) is 3. The summed E-state index contributed by atoms with van der Waals surface area (Å²) in [5.41, 5.74) is 2.90. The molecule has 3 rings (SSSR count). The van der Waals surface area contributed by atoms with E-state index in [0.717, 1.165) is 11.8 Å². The first-order valence-corrected chi connectivity index (χ1v) is 5.90. The summed E-state index contributed by atoms with van der Waals surface area (Å²) in [7, 11) is 1.65. The highest BCUT2D eigenvalue weighted by atomic mass is 35.5. The first-order chi connectivity index (χ1) is 9.19. The van der Waals surface area contributed by atoms with Crippen LogP contribution in [0.5, 0.6) is 0 Å². The molecule has 0 radical (unpaired) electrons. The lowest BCUT2D eigenvalue weighted by molar-refractivity contribution is 0.625. The van der Waals surface area contributed by atoms with Crippen molar-refractivity contribution in [2.75, 3.05) is 12.4 Å². The Morgan fingerprint density at radius 1 is 1.32 bits per heavy atom. The number of hydrogen-bond donors (Lipinski definition) is 2. The summed E-state index contributed by atoms with van der Waals surface area (Å²) in [6.07, 6.45) is 4.35. The van der Waals surface area contributed by atoms with Crippen molar-refractivity contribution in [1.82, 2.24) is 19.9 Å². The SMILES string of the molecule is CNc1cc(-c2c[nH]c3ncc(Cl)nc23)ncc1F. The molecule has 3 heterocycles. The molecule has 0 amide bonds. The zero-order valence-corrected chi connectivity index (χ0v) is 10.7. The largest absolute Gasteiger partial charge is 0.386 e. The first kappa shape index (κ1) is 11.9. The lowest BCUT2D eigenvalue weighted by Crippen LogP contribution is -1.95. The van der Waals surface area contributed by atoms with Gasteiger partial charge in [0.15, 0.2) is 11.5 Å². The fraction of sp³-hybridized carbons (Fsp3) is 0.0833. The third-order valence-electron chi connectivity index (χ3n) is 2.75. The number of aromatic nitrogens is 4. The Kier molecular flexibility index (Phi) is 2.79. The van der Waals surface area contributed by atoms with Crippen LogP contribution in [0.25, 0.3) is 22.4 Å². The van der Waals surface area contributed by atoms with Crippen molar-refractivity contribution < 1.29 is 4.39 Å². The van der Waals surface area contributed by atoms with Gasteiger partial charge in [0.2, 0.25) is 0 Å². The highest BCUT2D eigenvalue weighted by molar-refractivity contribution is 6.29. The van der Waals surface area contributed by atoms with Gasteiger partial charge < -0.3 is 10.3 Å². The standard InChI is InChI=1S/C12H9ClFN5/c1-15-9-2-8(16-4-7(9)14)6-3-17-12-11(6)19-10(13)5-18-12/h2-5H,1H3,(H,15,16)(H,17,18). The summed E-state index contributed by atoms with van der Waals surface area (Å²) in [4.78, 5) is 15.4. The molecule has 96 valence electrons. The normalized spacial score (nSPS) is 10.9. The average Bonchev–Trinajstić information content (AvgIpc) is 2.82. The van der Waals surface area contributed by atoms with Crippen molar-refractivity contribution >= 4 is 28.5 Å². The highest BCUT2D eigenvalue weighted by Crippen LogP contribution is 2.28. The summed E-state index contributed by atoms with van der Waals surface area (Å²) < 4.78 is 13.4. The third-order valence-corrected chi connectivity index (χ3v) is 2.93. The third kappa shape index (κ3) is 2.00. The van der Waals surface area contributed by atoms with Crippen molar-refractivity contribution in [2.45, 2.75) is 0 Å². The van der Waals surface area contributed by atoms with Crippen LogP contribution < -0.4 is 5.32 Å². The van der Waals surface area contributed by atoms with Gasteiger partial charge in [0.05, 0.1) is 23.8 Å². The topological polar surface area (TPSA) is 66.5 Å². The lowest BCUT2D eigenvalue weighted by Gasteiger charge is -2.04. The molecule has 3 aromatic rings. The van der Waals surface area contributed by atoms with Crippen LogP contribution in [0.3, 0.4) is 0 Å². The smallest absolute Gasteiger partial charge is 0.164 e. The number of pyridine rings is 1. The zero-order chi connectivity index (χ0) is 13.4. The predicted octanol–water partition coefficient (Wildman–Crippen LogP) is 2.85. The highest BCUT2D eigenvalue weighted by Gasteiger charge is 2.12. The molecular formula is C12H9ClFN5. The maximum Gasteiger partial charge on any atom is 0.164 e. The van der Waals surface area contributed by atoms with Gasteiger partial charge in [0.1, 0.15) is 10.7 Å². The minimum Gasteiger partial charge on any atom is -0.386 e. The molecule has 0 aliphatic heterocycles. The van der Waals surface area contributed by atoms with Crippen LogP contribution in [0.2, 0.25) is 5.15 Å². The predicted molar refractivity (Wildman–Crippen MR) is 71.6 cm³/mol. The number of nitrogens with one attached hydrogen (secondary N) is 2. The molecule has 0 aliphatic carbocycles. The zero-order valence-electron chi connectivity index (χ0n) is 9.91. The van der Waals surface area contributed by atoms with Crippen LogP contribution in [0.15, 0.2) is 24.7 Å². The van der Waals surface area contributed by atoms with Crippen LogP contribution in [0.4, 0.5) is 10.1 Å². The number of rotatable bonds is 2. The Morgan fingerprint density at radius 2 is 2.16 bits per heavy atom. The van der Waals surface area contributed by atoms with Crippen LogP contribution in [-0.4, -0.2) is 27.0 Å². The Hall–Kier alpha value is -2.21. The minimum atomic E-state index is -0.407. The molecular weight excluding hydrogens is 269 g/mol. The Morgan fingerprint density at radius 3 is 2.95 bits per heavy atom. The Balaban J connectivity index is 2.21. The summed E-state index contributed by atoms with van der Waals surface area (Å²) in [5, 5.41) is 3.07. The van der Waals surface area contributed by atoms with Crippen molar-refractivity contribution in [2.24, 2.45) is 0 Å². The number of H-pyrrole nitrogens is 1. The van der Waals surface area contributed by atoms with E-state index in [9.17, 15) is 4.39 Å². The van der Waals surface area contributed by atoms with Gasteiger partial charge in [0, 0.05) is 18.8 Å². The van der Waals surface area contributed by atoms with E-state index in [2.05, 4.69) is 25.3 Å². The maximum atomic E-state index is 13.4. The van der Waals surface area contributed by atoms with Gasteiger partial charge in [-0.25, -0.2) is 14.4 Å². The van der Waals surface area contributed by atoms with E-state index in [4.69, 9.17) is 11.6 Å². The molecule has 2 N–H and O–H groups in total. The van der Waals surface area contributed by atoms with Gasteiger partial charge in [-0.1, -0.05) is 11.6 Å². The first-order valence-electron chi connectivity index (χ1n) is 5.52. The van der Waals surface area contributed by atoms with E-state index in [0.29, 0.717) is 27.7 Å². The molecule has 0 saturated heterocycles. The molecule has 0 atom stereocenters. The van der Waals surface area contributed by atoms with Gasteiger partial charge in [-0.15, -0.1) is 0 Å². The molecule has 5 nitrogen and oxygen atoms in total. The van der Waals surface area contributed by atoms with Gasteiger partial charge in [-0.3, -0.25) is 4.98 Å². The van der Waals surface area contributed by atoms with E-state index >= 15 is 0 Å². The van der Waals surface area contributed by atoms with Crippen molar-refractivity contribution in [1.29, 1.82) is 0 Å². The molecule has 0 aliphatic rings. The Bertz CT molecular complexity index is 755. The van der Waals surface area contributed by atoms with E-state index in [-0.39, 0.29) is 0 Å². The molecule has 19 heavy (non-hydrogen) atoms. The number of aromatic amines is 1. The average molecular weight is 278 g/mol. The molecule has 0 aromatic carbocycles. The monoisotopic (exact) mass is 277 g/mol. The number of hydrogen-bond acceptors (Lipinski definition) is 4. The molecule has 7 heteroatoms. The van der Waals surface area contributed by atoms with Crippen LogP contribution >= 0.6 is 11.6 Å². The van der Waals surface area contributed by atoms with Crippen molar-refractivity contribution in [3.8, 4) is 11.3 Å². The van der Waals surface area contributed by atoms with Crippen LogP contribution in [0, 0.1) is 5.82 Å². The minimum absolute atomic E-state index is 0.296. The summed E-state index contributed by atoms with van der Waals surface area (Å²) >= 11 is 5.84. The number of fused-ring (bicyclic) bond motifs is 1. The summed E-state index contributed by atoms with van der Waals surface area (Å²) in [6.45, 7) is 0. The van der Waals surface area contributed by atoms with Crippen LogP contribution in [-0.2, 0) is 0 Å². The molecule has 0 fully saturated rings. The van der Waals surface area contributed by atoms with E-state index in [1.165, 1.54) is 6.20 Å². The van der Waals surface area contributed by atoms with Crippen molar-refractivity contribution in [3.63, 3.8) is 0 Å². The summed E-state index contributed by atoms with van der Waals surface area (Å²) in [5.74, 6) is -0.407. The quantitative estimate of drug-likeness (QED) is 0.756.